The van der Waals surface area contributed by atoms with E-state index < -0.39 is 0 Å². The first-order chi connectivity index (χ1) is 12.6. The van der Waals surface area contributed by atoms with E-state index in [1.165, 1.54) is 10.2 Å². The number of tetrazole rings is 1. The number of carbonyl (C=O) groups excluding carboxylic acids is 1. The third kappa shape index (κ3) is 4.78. The van der Waals surface area contributed by atoms with Gasteiger partial charge in [-0.2, -0.15) is 0 Å². The zero-order valence-electron chi connectivity index (χ0n) is 15.3. The van der Waals surface area contributed by atoms with E-state index in [2.05, 4.69) is 50.8 Å². The summed E-state index contributed by atoms with van der Waals surface area (Å²) in [5, 5.41) is 10.8. The average molecular weight is 357 g/mol. The summed E-state index contributed by atoms with van der Waals surface area (Å²) < 4.78 is 1.33. The largest absolute Gasteiger partial charge is 0.367 e. The fourth-order valence-corrected chi connectivity index (χ4v) is 3.47. The van der Waals surface area contributed by atoms with Crippen LogP contribution in [0.15, 0.2) is 30.3 Å². The van der Waals surface area contributed by atoms with Crippen LogP contribution in [0.25, 0.3) is 0 Å². The number of nitrogens with two attached hydrogens (primary N) is 1. The van der Waals surface area contributed by atoms with Crippen LogP contribution in [0.1, 0.15) is 24.8 Å². The minimum absolute atomic E-state index is 0.0138. The van der Waals surface area contributed by atoms with E-state index in [9.17, 15) is 4.79 Å². The van der Waals surface area contributed by atoms with Gasteiger partial charge in [0.25, 0.3) is 0 Å². The molecule has 1 saturated heterocycles. The number of piperidine rings is 1. The minimum atomic E-state index is -0.0138. The lowest BCUT2D eigenvalue weighted by Gasteiger charge is -2.37. The van der Waals surface area contributed by atoms with E-state index >= 15 is 0 Å². The van der Waals surface area contributed by atoms with Crippen molar-refractivity contribution in [2.24, 2.45) is 0 Å². The van der Waals surface area contributed by atoms with Crippen molar-refractivity contribution in [1.82, 2.24) is 30.0 Å². The molecule has 0 bridgehead atoms. The van der Waals surface area contributed by atoms with Crippen LogP contribution in [0, 0.1) is 0 Å². The number of aryl methyl sites for hydroxylation is 1. The van der Waals surface area contributed by atoms with Crippen LogP contribution in [0.2, 0.25) is 0 Å². The molecule has 0 aliphatic carbocycles. The summed E-state index contributed by atoms with van der Waals surface area (Å²) in [5.41, 5.74) is 7.02. The number of likely N-dealkylation sites (tertiary alicyclic amines) is 1. The highest BCUT2D eigenvalue weighted by atomic mass is 16.2. The van der Waals surface area contributed by atoms with Crippen LogP contribution >= 0.6 is 0 Å². The Labute approximate surface area is 154 Å². The Morgan fingerprint density at radius 3 is 2.88 bits per heavy atom. The third-order valence-electron chi connectivity index (χ3n) is 5.05. The molecule has 0 saturated carbocycles. The van der Waals surface area contributed by atoms with E-state index in [-0.39, 0.29) is 24.4 Å². The summed E-state index contributed by atoms with van der Waals surface area (Å²) >= 11 is 0. The number of amides is 1. The molecular weight excluding hydrogens is 330 g/mol. The molecule has 1 aliphatic rings. The molecular formula is C18H27N7O. The van der Waals surface area contributed by atoms with E-state index in [0.717, 1.165) is 45.3 Å². The second-order valence-electron chi connectivity index (χ2n) is 6.89. The third-order valence-corrected chi connectivity index (χ3v) is 5.05. The fraction of sp³-hybridized carbons (Fsp3) is 0.556. The van der Waals surface area contributed by atoms with Gasteiger partial charge in [0.05, 0.1) is 0 Å². The molecule has 1 aliphatic heterocycles. The smallest absolute Gasteiger partial charge is 0.244 e. The van der Waals surface area contributed by atoms with Crippen molar-refractivity contribution in [1.29, 1.82) is 0 Å². The predicted octanol–water partition coefficient (Wildman–Crippen LogP) is 0.811. The van der Waals surface area contributed by atoms with Crippen LogP contribution in [0.5, 0.6) is 0 Å². The second kappa shape index (κ2) is 8.75. The first kappa shape index (κ1) is 18.3. The summed E-state index contributed by atoms with van der Waals surface area (Å²) in [6, 6.07) is 10.8. The van der Waals surface area contributed by atoms with Crippen LogP contribution in [-0.2, 0) is 17.8 Å². The Kier molecular flexibility index (Phi) is 6.17. The van der Waals surface area contributed by atoms with Crippen LogP contribution in [0.4, 0.5) is 5.95 Å². The van der Waals surface area contributed by atoms with Gasteiger partial charge in [0, 0.05) is 19.6 Å². The summed E-state index contributed by atoms with van der Waals surface area (Å²) in [5.74, 6) is 0.151. The molecule has 2 N–H and O–H groups in total. The van der Waals surface area contributed by atoms with Crippen molar-refractivity contribution in [2.75, 3.05) is 32.4 Å². The lowest BCUT2D eigenvalue weighted by Crippen LogP contribution is -2.49. The van der Waals surface area contributed by atoms with Crippen molar-refractivity contribution < 1.29 is 4.79 Å². The van der Waals surface area contributed by atoms with Gasteiger partial charge in [-0.05, 0) is 54.8 Å². The zero-order chi connectivity index (χ0) is 18.4. The van der Waals surface area contributed by atoms with Crippen molar-refractivity contribution in [2.45, 2.75) is 38.3 Å². The number of anilines is 1. The number of nitrogen functional groups attached to an aromatic ring is 1. The Morgan fingerprint density at radius 1 is 1.35 bits per heavy atom. The number of hydrogen-bond donors (Lipinski definition) is 1. The number of hydrogen-bond acceptors (Lipinski definition) is 6. The van der Waals surface area contributed by atoms with Gasteiger partial charge < -0.3 is 15.5 Å². The van der Waals surface area contributed by atoms with Crippen molar-refractivity contribution in [3.05, 3.63) is 35.9 Å². The zero-order valence-corrected chi connectivity index (χ0v) is 15.3. The molecule has 2 heterocycles. The molecule has 26 heavy (non-hydrogen) atoms. The van der Waals surface area contributed by atoms with Gasteiger partial charge in [0.1, 0.15) is 6.54 Å². The van der Waals surface area contributed by atoms with Gasteiger partial charge in [0.2, 0.25) is 11.9 Å². The number of aromatic nitrogens is 4. The number of carbonyl (C=O) groups is 1. The number of likely N-dealkylation sites (N-methyl/N-ethyl adjacent to an activating group) is 1. The first-order valence-electron chi connectivity index (χ1n) is 9.17. The maximum absolute atomic E-state index is 12.5. The van der Waals surface area contributed by atoms with Gasteiger partial charge in [-0.1, -0.05) is 35.4 Å². The highest BCUT2D eigenvalue weighted by Crippen LogP contribution is 2.16. The highest BCUT2D eigenvalue weighted by molar-refractivity contribution is 5.76. The first-order valence-corrected chi connectivity index (χ1v) is 9.17. The highest BCUT2D eigenvalue weighted by Gasteiger charge is 2.26. The average Bonchev–Trinajstić information content (AvgIpc) is 3.07. The van der Waals surface area contributed by atoms with Crippen LogP contribution in [0.3, 0.4) is 0 Å². The molecule has 1 atom stereocenters. The molecule has 2 aromatic rings. The van der Waals surface area contributed by atoms with Crippen LogP contribution < -0.4 is 5.73 Å². The standard InChI is InChI=1S/C18H27N7O/c1-23(17(26)14-25-18(19)20-21-22-25)16-10-6-12-24(13-16)11-5-9-15-7-3-2-4-8-15/h2-4,7-8,16H,5-6,9-14H2,1H3,(H2,19,20,22)/t16-/m0/s1. The molecule has 1 fully saturated rings. The molecule has 1 aromatic carbocycles. The quantitative estimate of drug-likeness (QED) is 0.788. The maximum Gasteiger partial charge on any atom is 0.244 e. The van der Waals surface area contributed by atoms with E-state index in [4.69, 9.17) is 5.73 Å². The molecule has 0 radical (unpaired) electrons. The Bertz CT molecular complexity index is 703. The molecule has 3 rings (SSSR count). The summed E-state index contributed by atoms with van der Waals surface area (Å²) in [7, 11) is 1.86. The Morgan fingerprint density at radius 2 is 2.15 bits per heavy atom. The maximum atomic E-state index is 12.5. The van der Waals surface area contributed by atoms with Gasteiger partial charge in [-0.15, -0.1) is 0 Å². The number of rotatable bonds is 7. The predicted molar refractivity (Wildman–Crippen MR) is 99.2 cm³/mol. The lowest BCUT2D eigenvalue weighted by molar-refractivity contribution is -0.133. The van der Waals surface area contributed by atoms with Gasteiger partial charge in [-0.25, -0.2) is 4.68 Å². The molecule has 140 valence electrons. The van der Waals surface area contributed by atoms with E-state index in [0.29, 0.717) is 0 Å². The molecule has 8 heteroatoms. The van der Waals surface area contributed by atoms with Gasteiger partial charge in [-0.3, -0.25) is 4.79 Å². The fourth-order valence-electron chi connectivity index (χ4n) is 3.47. The van der Waals surface area contributed by atoms with Crippen molar-refractivity contribution in [3.8, 4) is 0 Å². The molecule has 1 amide bonds. The Balaban J connectivity index is 1.46. The lowest BCUT2D eigenvalue weighted by atomic mass is 10.0. The second-order valence-corrected chi connectivity index (χ2v) is 6.89. The number of nitrogens with zero attached hydrogens (tertiary/aromatic N) is 6. The summed E-state index contributed by atoms with van der Waals surface area (Å²) in [6.07, 6.45) is 4.37. The Hall–Kier alpha value is -2.48. The van der Waals surface area contributed by atoms with E-state index in [1.54, 1.807) is 0 Å². The molecule has 1 aromatic heterocycles. The molecule has 8 nitrogen and oxygen atoms in total. The minimum Gasteiger partial charge on any atom is -0.367 e. The molecule has 0 spiro atoms. The topological polar surface area (TPSA) is 93.2 Å². The SMILES string of the molecule is CN(C(=O)Cn1nnnc1N)[C@H]1CCCN(CCCc2ccccc2)C1. The number of benzene rings is 1. The normalized spacial score (nSPS) is 18.0. The molecule has 0 unspecified atom stereocenters. The monoisotopic (exact) mass is 357 g/mol. The summed E-state index contributed by atoms with van der Waals surface area (Å²) in [6.45, 7) is 3.17. The van der Waals surface area contributed by atoms with Crippen molar-refractivity contribution in [3.63, 3.8) is 0 Å². The van der Waals surface area contributed by atoms with E-state index in [1.807, 2.05) is 11.9 Å². The summed E-state index contributed by atoms with van der Waals surface area (Å²) in [4.78, 5) is 16.8. The van der Waals surface area contributed by atoms with Gasteiger partial charge in [0.15, 0.2) is 0 Å². The van der Waals surface area contributed by atoms with Crippen molar-refractivity contribution >= 4 is 11.9 Å². The van der Waals surface area contributed by atoms with Gasteiger partial charge >= 0.3 is 0 Å². The van der Waals surface area contributed by atoms with Crippen LogP contribution in [-0.4, -0.2) is 68.6 Å².